The monoisotopic (exact) mass is 374 g/mol. The summed E-state index contributed by atoms with van der Waals surface area (Å²) in [4.78, 5) is 4.70. The molecular formula is C22H22N4O2. The average Bonchev–Trinajstić information content (AvgIpc) is 3.10. The first-order chi connectivity index (χ1) is 13.7. The standard InChI is InChI=1S/C22H22N4O2/c1-15-14-23-26-21(24-18(11-12-27)16-7-3-2-4-8-16)13-19(25-22(15)26)17-9-5-6-10-20(17)28/h2-10,13-14,18,24,27-28H,11-12H2,1H3. The number of anilines is 1. The highest BCUT2D eigenvalue weighted by atomic mass is 16.3. The molecule has 0 aliphatic rings. The number of nitrogens with zero attached hydrogens (tertiary/aromatic N) is 3. The molecule has 0 radical (unpaired) electrons. The zero-order valence-electron chi connectivity index (χ0n) is 15.6. The van der Waals surface area contributed by atoms with Crippen LogP contribution in [0, 0.1) is 6.92 Å². The van der Waals surface area contributed by atoms with Crippen LogP contribution in [0.3, 0.4) is 0 Å². The van der Waals surface area contributed by atoms with Crippen LogP contribution in [-0.4, -0.2) is 31.4 Å². The molecule has 0 bridgehead atoms. The van der Waals surface area contributed by atoms with E-state index in [2.05, 4.69) is 10.4 Å². The Kier molecular flexibility index (Phi) is 4.95. The number of aliphatic hydroxyl groups is 1. The van der Waals surface area contributed by atoms with Crippen molar-refractivity contribution in [1.82, 2.24) is 14.6 Å². The zero-order chi connectivity index (χ0) is 19.5. The predicted octanol–water partition coefficient (Wildman–Crippen LogP) is 3.95. The third kappa shape index (κ3) is 3.42. The molecule has 0 spiro atoms. The molecule has 6 heteroatoms. The number of hydrogen-bond acceptors (Lipinski definition) is 5. The molecule has 4 rings (SSSR count). The van der Waals surface area contributed by atoms with E-state index in [0.29, 0.717) is 17.7 Å². The quantitative estimate of drug-likeness (QED) is 0.476. The SMILES string of the molecule is Cc1cnn2c(NC(CCO)c3ccccc3)cc(-c3ccccc3O)nc12. The Morgan fingerprint density at radius 3 is 2.57 bits per heavy atom. The molecule has 6 nitrogen and oxygen atoms in total. The van der Waals surface area contributed by atoms with Crippen LogP contribution >= 0.6 is 0 Å². The summed E-state index contributed by atoms with van der Waals surface area (Å²) in [7, 11) is 0. The summed E-state index contributed by atoms with van der Waals surface area (Å²) in [6, 6.07) is 18.9. The van der Waals surface area contributed by atoms with Gasteiger partial charge in [-0.15, -0.1) is 0 Å². The average molecular weight is 374 g/mol. The lowest BCUT2D eigenvalue weighted by atomic mass is 10.0. The molecule has 0 amide bonds. The molecule has 2 heterocycles. The number of fused-ring (bicyclic) bond motifs is 1. The lowest BCUT2D eigenvalue weighted by Crippen LogP contribution is -2.15. The fraction of sp³-hybridized carbons (Fsp3) is 0.182. The molecular weight excluding hydrogens is 352 g/mol. The van der Waals surface area contributed by atoms with Crippen LogP contribution < -0.4 is 5.32 Å². The van der Waals surface area contributed by atoms with Gasteiger partial charge in [-0.05, 0) is 31.0 Å². The van der Waals surface area contributed by atoms with Gasteiger partial charge >= 0.3 is 0 Å². The number of phenols is 1. The Morgan fingerprint density at radius 1 is 1.07 bits per heavy atom. The maximum absolute atomic E-state index is 10.3. The fourth-order valence-electron chi connectivity index (χ4n) is 3.32. The number of aliphatic hydroxyl groups excluding tert-OH is 1. The van der Waals surface area contributed by atoms with E-state index in [9.17, 15) is 10.2 Å². The summed E-state index contributed by atoms with van der Waals surface area (Å²) in [6.45, 7) is 2.02. The lowest BCUT2D eigenvalue weighted by molar-refractivity contribution is 0.280. The van der Waals surface area contributed by atoms with Gasteiger partial charge in [0.05, 0.1) is 17.9 Å². The largest absolute Gasteiger partial charge is 0.507 e. The fourth-order valence-corrected chi connectivity index (χ4v) is 3.32. The molecule has 4 aromatic rings. The summed E-state index contributed by atoms with van der Waals surface area (Å²) in [5, 5.41) is 27.8. The summed E-state index contributed by atoms with van der Waals surface area (Å²) in [5.41, 5.74) is 4.06. The first-order valence-corrected chi connectivity index (χ1v) is 9.23. The maximum atomic E-state index is 10.3. The van der Waals surface area contributed by atoms with Crippen LogP contribution in [0.2, 0.25) is 0 Å². The summed E-state index contributed by atoms with van der Waals surface area (Å²) < 4.78 is 1.76. The van der Waals surface area contributed by atoms with Gasteiger partial charge in [0.25, 0.3) is 0 Å². The van der Waals surface area contributed by atoms with Crippen molar-refractivity contribution in [2.75, 3.05) is 11.9 Å². The van der Waals surface area contributed by atoms with E-state index in [1.54, 1.807) is 22.8 Å². The van der Waals surface area contributed by atoms with E-state index in [4.69, 9.17) is 4.98 Å². The van der Waals surface area contributed by atoms with Gasteiger partial charge in [0.1, 0.15) is 11.6 Å². The zero-order valence-corrected chi connectivity index (χ0v) is 15.6. The van der Waals surface area contributed by atoms with Crippen molar-refractivity contribution in [3.8, 4) is 17.0 Å². The van der Waals surface area contributed by atoms with Gasteiger partial charge in [-0.1, -0.05) is 42.5 Å². The molecule has 0 aliphatic carbocycles. The normalized spacial score (nSPS) is 12.2. The van der Waals surface area contributed by atoms with Crippen molar-refractivity contribution < 1.29 is 10.2 Å². The second-order valence-corrected chi connectivity index (χ2v) is 6.73. The number of benzene rings is 2. The topological polar surface area (TPSA) is 82.7 Å². The minimum atomic E-state index is -0.0847. The molecule has 1 unspecified atom stereocenters. The lowest BCUT2D eigenvalue weighted by Gasteiger charge is -2.20. The number of nitrogens with one attached hydrogen (secondary N) is 1. The van der Waals surface area contributed by atoms with E-state index in [-0.39, 0.29) is 18.4 Å². The number of aromatic nitrogens is 3. The molecule has 0 saturated carbocycles. The molecule has 2 aromatic heterocycles. The van der Waals surface area contributed by atoms with Crippen molar-refractivity contribution in [3.05, 3.63) is 78.0 Å². The minimum Gasteiger partial charge on any atom is -0.507 e. The number of phenolic OH excluding ortho intramolecular Hbond substituents is 1. The number of aromatic hydroxyl groups is 1. The van der Waals surface area contributed by atoms with E-state index in [0.717, 1.165) is 22.6 Å². The molecule has 142 valence electrons. The van der Waals surface area contributed by atoms with Crippen molar-refractivity contribution in [2.45, 2.75) is 19.4 Å². The Bertz CT molecular complexity index is 1090. The van der Waals surface area contributed by atoms with Crippen LogP contribution in [0.15, 0.2) is 66.9 Å². The highest BCUT2D eigenvalue weighted by Gasteiger charge is 2.17. The third-order valence-electron chi connectivity index (χ3n) is 4.77. The van der Waals surface area contributed by atoms with E-state index in [1.807, 2.05) is 55.5 Å². The highest BCUT2D eigenvalue weighted by Crippen LogP contribution is 2.31. The second-order valence-electron chi connectivity index (χ2n) is 6.73. The molecule has 28 heavy (non-hydrogen) atoms. The highest BCUT2D eigenvalue weighted by molar-refractivity contribution is 5.72. The number of para-hydroxylation sites is 1. The van der Waals surface area contributed by atoms with E-state index >= 15 is 0 Å². The van der Waals surface area contributed by atoms with Gasteiger partial charge in [-0.2, -0.15) is 9.61 Å². The number of aryl methyl sites for hydroxylation is 1. The first-order valence-electron chi connectivity index (χ1n) is 9.23. The van der Waals surface area contributed by atoms with Crippen LogP contribution in [-0.2, 0) is 0 Å². The van der Waals surface area contributed by atoms with Gasteiger partial charge in [0.15, 0.2) is 5.65 Å². The smallest absolute Gasteiger partial charge is 0.160 e. The Balaban J connectivity index is 1.82. The van der Waals surface area contributed by atoms with Crippen molar-refractivity contribution >= 4 is 11.5 Å². The van der Waals surface area contributed by atoms with Crippen molar-refractivity contribution in [3.63, 3.8) is 0 Å². The van der Waals surface area contributed by atoms with Crippen molar-refractivity contribution in [1.29, 1.82) is 0 Å². The summed E-state index contributed by atoms with van der Waals surface area (Å²) >= 11 is 0. The summed E-state index contributed by atoms with van der Waals surface area (Å²) in [5.74, 6) is 0.927. The maximum Gasteiger partial charge on any atom is 0.160 e. The number of rotatable bonds is 6. The molecule has 2 aromatic carbocycles. The van der Waals surface area contributed by atoms with Gasteiger partial charge in [-0.3, -0.25) is 0 Å². The Labute approximate surface area is 163 Å². The van der Waals surface area contributed by atoms with Gasteiger partial charge < -0.3 is 15.5 Å². The molecule has 3 N–H and O–H groups in total. The van der Waals surface area contributed by atoms with Gasteiger partial charge in [0, 0.05) is 23.8 Å². The van der Waals surface area contributed by atoms with E-state index in [1.165, 1.54) is 0 Å². The molecule has 1 atom stereocenters. The molecule has 0 aliphatic heterocycles. The number of hydrogen-bond donors (Lipinski definition) is 3. The second kappa shape index (κ2) is 7.70. The molecule has 0 fully saturated rings. The first kappa shape index (κ1) is 18.0. The Hall–Kier alpha value is -3.38. The predicted molar refractivity (Wildman–Crippen MR) is 109 cm³/mol. The Morgan fingerprint density at radius 2 is 1.82 bits per heavy atom. The summed E-state index contributed by atoms with van der Waals surface area (Å²) in [6.07, 6.45) is 2.33. The van der Waals surface area contributed by atoms with E-state index < -0.39 is 0 Å². The van der Waals surface area contributed by atoms with Gasteiger partial charge in [-0.25, -0.2) is 4.98 Å². The van der Waals surface area contributed by atoms with Crippen LogP contribution in [0.25, 0.3) is 16.9 Å². The van der Waals surface area contributed by atoms with Gasteiger partial charge in [0.2, 0.25) is 0 Å². The third-order valence-corrected chi connectivity index (χ3v) is 4.77. The van der Waals surface area contributed by atoms with Crippen LogP contribution in [0.1, 0.15) is 23.6 Å². The minimum absolute atomic E-state index is 0.0608. The molecule has 0 saturated heterocycles. The van der Waals surface area contributed by atoms with Crippen LogP contribution in [0.4, 0.5) is 5.82 Å². The van der Waals surface area contributed by atoms with Crippen molar-refractivity contribution in [2.24, 2.45) is 0 Å². The van der Waals surface area contributed by atoms with Crippen LogP contribution in [0.5, 0.6) is 5.75 Å².